The quantitative estimate of drug-likeness (QED) is 0.140. The van der Waals surface area contributed by atoms with Gasteiger partial charge >= 0.3 is 0 Å². The maximum atomic E-state index is 13.2. The molecule has 4 aromatic rings. The number of nitrogens with one attached hydrogen (secondary N) is 2. The molecule has 1 saturated carbocycles. The molecule has 2 aromatic heterocycles. The second-order valence-electron chi connectivity index (χ2n) is 9.40. The molecule has 1 aliphatic carbocycles. The SMILES string of the molecule is CCCCCNc1ccc(Nc2c(C(=O)C3CC3)cnc3ccc(-c4cc(Cl)c(O)c(Cl)c4)cc23)cn1. The largest absolute Gasteiger partial charge is 0.505 e. The van der Waals surface area contributed by atoms with Crippen LogP contribution in [-0.2, 0) is 0 Å². The van der Waals surface area contributed by atoms with Crippen LogP contribution in [0, 0.1) is 5.92 Å². The molecule has 0 saturated heterocycles. The second-order valence-corrected chi connectivity index (χ2v) is 10.2. The van der Waals surface area contributed by atoms with Gasteiger partial charge in [-0.3, -0.25) is 9.78 Å². The lowest BCUT2D eigenvalue weighted by molar-refractivity contribution is 0.0968. The van der Waals surface area contributed by atoms with Crippen molar-refractivity contribution in [1.82, 2.24) is 9.97 Å². The monoisotopic (exact) mass is 534 g/mol. The van der Waals surface area contributed by atoms with Crippen molar-refractivity contribution in [3.8, 4) is 16.9 Å². The molecule has 1 fully saturated rings. The van der Waals surface area contributed by atoms with E-state index in [0.717, 1.165) is 59.3 Å². The van der Waals surface area contributed by atoms with Gasteiger partial charge in [0.2, 0.25) is 0 Å². The van der Waals surface area contributed by atoms with Crippen LogP contribution < -0.4 is 10.6 Å². The first-order valence-electron chi connectivity index (χ1n) is 12.6. The minimum atomic E-state index is -0.148. The number of hydrogen-bond donors (Lipinski definition) is 3. The summed E-state index contributed by atoms with van der Waals surface area (Å²) in [6.45, 7) is 3.07. The molecule has 0 bridgehead atoms. The van der Waals surface area contributed by atoms with E-state index in [4.69, 9.17) is 23.2 Å². The average molecular weight is 535 g/mol. The molecule has 2 aromatic carbocycles. The number of Topliss-reactive ketones (excluding diaryl/α,β-unsaturated/α-hetero) is 1. The summed E-state index contributed by atoms with van der Waals surface area (Å²) in [6.07, 6.45) is 8.70. The fourth-order valence-corrected chi connectivity index (χ4v) is 4.79. The van der Waals surface area contributed by atoms with Crippen molar-refractivity contribution in [1.29, 1.82) is 0 Å². The van der Waals surface area contributed by atoms with Crippen LogP contribution >= 0.6 is 23.2 Å². The first-order chi connectivity index (χ1) is 17.9. The molecular weight excluding hydrogens is 507 g/mol. The number of hydrogen-bond acceptors (Lipinski definition) is 6. The number of carbonyl (C=O) groups excluding carboxylic acids is 1. The fraction of sp³-hybridized carbons (Fsp3) is 0.276. The van der Waals surface area contributed by atoms with Gasteiger partial charge in [-0.2, -0.15) is 0 Å². The molecule has 37 heavy (non-hydrogen) atoms. The van der Waals surface area contributed by atoms with Crippen LogP contribution in [-0.4, -0.2) is 27.4 Å². The van der Waals surface area contributed by atoms with Gasteiger partial charge in [0.05, 0.1) is 38.7 Å². The number of unbranched alkanes of at least 4 members (excludes halogenated alkanes) is 2. The number of aromatic nitrogens is 2. The van der Waals surface area contributed by atoms with Gasteiger partial charge in [0.1, 0.15) is 5.82 Å². The summed E-state index contributed by atoms with van der Waals surface area (Å²) in [5.41, 5.74) is 4.37. The second kappa shape index (κ2) is 11.0. The molecule has 0 radical (unpaired) electrons. The van der Waals surface area contributed by atoms with Crippen LogP contribution in [0.1, 0.15) is 49.4 Å². The van der Waals surface area contributed by atoms with Gasteiger partial charge in [-0.05, 0) is 66.8 Å². The normalized spacial score (nSPS) is 13.1. The molecule has 2 heterocycles. The smallest absolute Gasteiger partial charge is 0.169 e. The number of pyridine rings is 2. The van der Waals surface area contributed by atoms with Crippen LogP contribution in [0.2, 0.25) is 10.0 Å². The van der Waals surface area contributed by atoms with Gasteiger partial charge in [0.25, 0.3) is 0 Å². The number of halogens is 2. The van der Waals surface area contributed by atoms with E-state index in [1.807, 2.05) is 30.3 Å². The Bertz CT molecular complexity index is 1430. The molecule has 0 aliphatic heterocycles. The Morgan fingerprint density at radius 3 is 2.46 bits per heavy atom. The highest BCUT2D eigenvalue weighted by Gasteiger charge is 2.32. The number of aromatic hydroxyl groups is 1. The summed E-state index contributed by atoms with van der Waals surface area (Å²) in [5, 5.41) is 17.9. The molecule has 8 heteroatoms. The maximum Gasteiger partial charge on any atom is 0.169 e. The number of nitrogens with zero attached hydrogens (tertiary/aromatic N) is 2. The van der Waals surface area contributed by atoms with E-state index in [1.54, 1.807) is 24.5 Å². The Kier molecular flexibility index (Phi) is 7.49. The van der Waals surface area contributed by atoms with Crippen molar-refractivity contribution in [2.24, 2.45) is 5.92 Å². The van der Waals surface area contributed by atoms with E-state index >= 15 is 0 Å². The molecule has 1 aliphatic rings. The molecule has 3 N–H and O–H groups in total. The standard InChI is InChI=1S/C29H28Cl2N4O2/c1-2-3-4-11-32-26-10-8-20(15-34-26)35-27-21-12-18(19-13-23(30)29(37)24(31)14-19)7-9-25(21)33-16-22(27)28(36)17-5-6-17/h7-10,12-17,37H,2-6,11H2,1H3,(H,32,34)(H,33,35). The van der Waals surface area contributed by atoms with Gasteiger partial charge < -0.3 is 15.7 Å². The Labute approximate surface area is 226 Å². The van der Waals surface area contributed by atoms with Crippen LogP contribution in [0.3, 0.4) is 0 Å². The minimum Gasteiger partial charge on any atom is -0.505 e. The number of phenols is 1. The van der Waals surface area contributed by atoms with Crippen LogP contribution in [0.5, 0.6) is 5.75 Å². The summed E-state index contributed by atoms with van der Waals surface area (Å²) >= 11 is 12.4. The fourth-order valence-electron chi connectivity index (χ4n) is 4.30. The van der Waals surface area contributed by atoms with Gasteiger partial charge in [-0.1, -0.05) is 49.0 Å². The Morgan fingerprint density at radius 2 is 1.78 bits per heavy atom. The number of ketones is 1. The lowest BCUT2D eigenvalue weighted by atomic mass is 9.99. The third-order valence-electron chi connectivity index (χ3n) is 6.55. The first-order valence-corrected chi connectivity index (χ1v) is 13.3. The van der Waals surface area contributed by atoms with E-state index in [2.05, 4.69) is 27.5 Å². The zero-order valence-electron chi connectivity index (χ0n) is 20.5. The molecular formula is C29H28Cl2N4O2. The Balaban J connectivity index is 1.52. The van der Waals surface area contributed by atoms with Gasteiger partial charge in [0, 0.05) is 24.0 Å². The first kappa shape index (κ1) is 25.3. The van der Waals surface area contributed by atoms with Crippen molar-refractivity contribution in [3.63, 3.8) is 0 Å². The molecule has 5 rings (SSSR count). The lowest BCUT2D eigenvalue weighted by Gasteiger charge is -2.16. The number of benzene rings is 2. The van der Waals surface area contributed by atoms with E-state index in [-0.39, 0.29) is 27.5 Å². The predicted octanol–water partition coefficient (Wildman–Crippen LogP) is 8.25. The van der Waals surface area contributed by atoms with Crippen LogP contribution in [0.4, 0.5) is 17.2 Å². The van der Waals surface area contributed by atoms with E-state index in [0.29, 0.717) is 11.3 Å². The lowest BCUT2D eigenvalue weighted by Crippen LogP contribution is -2.08. The number of carbonyl (C=O) groups is 1. The van der Waals surface area contributed by atoms with Crippen molar-refractivity contribution < 1.29 is 9.90 Å². The summed E-state index contributed by atoms with van der Waals surface area (Å²) < 4.78 is 0. The third kappa shape index (κ3) is 5.65. The summed E-state index contributed by atoms with van der Waals surface area (Å²) in [6, 6.07) is 13.0. The maximum absolute atomic E-state index is 13.2. The zero-order valence-corrected chi connectivity index (χ0v) is 22.0. The summed E-state index contributed by atoms with van der Waals surface area (Å²) in [7, 11) is 0. The number of rotatable bonds is 10. The van der Waals surface area contributed by atoms with Crippen molar-refractivity contribution in [3.05, 3.63) is 70.5 Å². The molecule has 0 spiro atoms. The van der Waals surface area contributed by atoms with Crippen molar-refractivity contribution in [2.75, 3.05) is 17.2 Å². The minimum absolute atomic E-state index is 0.0468. The number of anilines is 3. The highest BCUT2D eigenvalue weighted by atomic mass is 35.5. The van der Waals surface area contributed by atoms with Crippen molar-refractivity contribution in [2.45, 2.75) is 39.0 Å². The molecule has 0 unspecified atom stereocenters. The van der Waals surface area contributed by atoms with E-state index in [9.17, 15) is 9.90 Å². The van der Waals surface area contributed by atoms with Crippen LogP contribution in [0.25, 0.3) is 22.0 Å². The Morgan fingerprint density at radius 1 is 1.00 bits per heavy atom. The molecule has 190 valence electrons. The van der Waals surface area contributed by atoms with E-state index in [1.165, 1.54) is 12.8 Å². The van der Waals surface area contributed by atoms with Crippen LogP contribution in [0.15, 0.2) is 54.9 Å². The highest BCUT2D eigenvalue weighted by Crippen LogP contribution is 2.40. The molecule has 6 nitrogen and oxygen atoms in total. The Hall–Kier alpha value is -3.35. The zero-order chi connectivity index (χ0) is 25.9. The average Bonchev–Trinajstić information content (AvgIpc) is 3.76. The molecule has 0 amide bonds. The summed E-state index contributed by atoms with van der Waals surface area (Å²) in [4.78, 5) is 22.3. The predicted molar refractivity (Wildman–Crippen MR) is 151 cm³/mol. The van der Waals surface area contributed by atoms with Gasteiger partial charge in [-0.25, -0.2) is 4.98 Å². The number of phenolic OH excluding ortho intramolecular Hbond substituents is 1. The van der Waals surface area contributed by atoms with Gasteiger partial charge in [-0.15, -0.1) is 0 Å². The van der Waals surface area contributed by atoms with Gasteiger partial charge in [0.15, 0.2) is 11.5 Å². The number of fused-ring (bicyclic) bond motifs is 1. The third-order valence-corrected chi connectivity index (χ3v) is 7.13. The topological polar surface area (TPSA) is 87.1 Å². The van der Waals surface area contributed by atoms with E-state index < -0.39 is 0 Å². The van der Waals surface area contributed by atoms with Crippen molar-refractivity contribution >= 4 is 57.1 Å². The highest BCUT2D eigenvalue weighted by molar-refractivity contribution is 6.37. The summed E-state index contributed by atoms with van der Waals surface area (Å²) in [5.74, 6) is 0.814. The molecule has 0 atom stereocenters.